The highest BCUT2D eigenvalue weighted by atomic mass is 16.5. The minimum atomic E-state index is -0.370. The summed E-state index contributed by atoms with van der Waals surface area (Å²) >= 11 is 0. The molecule has 1 amide bonds. The molecule has 2 unspecified atom stereocenters. The zero-order valence-corrected chi connectivity index (χ0v) is 8.18. The van der Waals surface area contributed by atoms with Crippen molar-refractivity contribution in [3.8, 4) is 0 Å². The topological polar surface area (TPSA) is 50.4 Å². The molecule has 0 spiro atoms. The molecule has 0 rings (SSSR count). The number of amides is 1. The lowest BCUT2D eigenvalue weighted by molar-refractivity contribution is 0.163. The Bertz CT molecular complexity index is 139. The molecule has 4 heteroatoms. The van der Waals surface area contributed by atoms with Crippen LogP contribution in [0.4, 0.5) is 4.79 Å². The number of methoxy groups -OCH3 is 1. The number of rotatable bonds is 4. The molecule has 0 aromatic carbocycles. The maximum atomic E-state index is 10.8. The molecule has 12 heavy (non-hydrogen) atoms. The van der Waals surface area contributed by atoms with Crippen molar-refractivity contribution in [2.75, 3.05) is 20.7 Å². The highest BCUT2D eigenvalue weighted by molar-refractivity contribution is 5.67. The van der Waals surface area contributed by atoms with Crippen LogP contribution in [0.1, 0.15) is 13.8 Å². The summed E-state index contributed by atoms with van der Waals surface area (Å²) in [7, 11) is 3.26. The van der Waals surface area contributed by atoms with Gasteiger partial charge in [0.05, 0.1) is 7.11 Å². The van der Waals surface area contributed by atoms with Crippen molar-refractivity contribution >= 4 is 6.09 Å². The number of carbonyl (C=O) groups is 1. The van der Waals surface area contributed by atoms with Crippen LogP contribution < -0.4 is 10.6 Å². The fraction of sp³-hybridized carbons (Fsp3) is 0.875. The molecule has 0 aliphatic carbocycles. The Morgan fingerprint density at radius 1 is 1.50 bits per heavy atom. The van der Waals surface area contributed by atoms with Gasteiger partial charge >= 0.3 is 6.09 Å². The molecule has 2 N–H and O–H groups in total. The minimum absolute atomic E-state index is 0.130. The van der Waals surface area contributed by atoms with E-state index < -0.39 is 0 Å². The van der Waals surface area contributed by atoms with Crippen molar-refractivity contribution in [2.45, 2.75) is 19.9 Å². The molecule has 0 bridgehead atoms. The normalized spacial score (nSPS) is 15.0. The third-order valence-corrected chi connectivity index (χ3v) is 1.91. The number of alkyl carbamates (subject to hydrolysis) is 1. The van der Waals surface area contributed by atoms with Gasteiger partial charge in [-0.2, -0.15) is 0 Å². The second-order valence-electron chi connectivity index (χ2n) is 2.96. The molecule has 0 aromatic rings. The first kappa shape index (κ1) is 11.2. The van der Waals surface area contributed by atoms with Gasteiger partial charge in [0, 0.05) is 6.04 Å². The van der Waals surface area contributed by atoms with Gasteiger partial charge in [0.15, 0.2) is 0 Å². The van der Waals surface area contributed by atoms with Crippen LogP contribution in [0.15, 0.2) is 0 Å². The van der Waals surface area contributed by atoms with Crippen LogP contribution in [-0.2, 0) is 4.74 Å². The summed E-state index contributed by atoms with van der Waals surface area (Å²) in [5, 5.41) is 5.76. The maximum Gasteiger partial charge on any atom is 0.407 e. The van der Waals surface area contributed by atoms with Gasteiger partial charge in [0.25, 0.3) is 0 Å². The van der Waals surface area contributed by atoms with Gasteiger partial charge in [-0.1, -0.05) is 6.92 Å². The molecular weight excluding hydrogens is 156 g/mol. The van der Waals surface area contributed by atoms with Gasteiger partial charge in [0.2, 0.25) is 0 Å². The molecule has 72 valence electrons. The number of ether oxygens (including phenoxy) is 1. The quantitative estimate of drug-likeness (QED) is 0.655. The van der Waals surface area contributed by atoms with Crippen LogP contribution >= 0.6 is 0 Å². The summed E-state index contributed by atoms with van der Waals surface area (Å²) in [5.41, 5.74) is 0. The zero-order chi connectivity index (χ0) is 9.56. The first-order valence-electron chi connectivity index (χ1n) is 4.11. The molecule has 0 saturated carbocycles. The standard InChI is InChI=1S/C8H18N2O2/c1-6(5-9-3)7(2)10-8(11)12-4/h6-7,9H,5H2,1-4H3,(H,10,11). The Hall–Kier alpha value is -0.770. The Labute approximate surface area is 73.7 Å². The summed E-state index contributed by atoms with van der Waals surface area (Å²) < 4.78 is 4.48. The largest absolute Gasteiger partial charge is 0.453 e. The predicted octanol–water partition coefficient (Wildman–Crippen LogP) is 0.586. The van der Waals surface area contributed by atoms with E-state index in [0.717, 1.165) is 6.54 Å². The molecule has 0 aromatic heterocycles. The number of carbonyl (C=O) groups excluding carboxylic acids is 1. The third-order valence-electron chi connectivity index (χ3n) is 1.91. The fourth-order valence-electron chi connectivity index (χ4n) is 0.886. The third kappa shape index (κ3) is 4.18. The van der Waals surface area contributed by atoms with E-state index in [1.165, 1.54) is 7.11 Å². The number of hydrogen-bond acceptors (Lipinski definition) is 3. The molecule has 0 aliphatic heterocycles. The van der Waals surface area contributed by atoms with Crippen LogP contribution in [-0.4, -0.2) is 32.8 Å². The summed E-state index contributed by atoms with van der Waals surface area (Å²) in [5.74, 6) is 0.397. The highest BCUT2D eigenvalue weighted by Gasteiger charge is 2.13. The molecule has 0 aliphatic rings. The van der Waals surface area contributed by atoms with Gasteiger partial charge in [0.1, 0.15) is 0 Å². The Morgan fingerprint density at radius 2 is 2.08 bits per heavy atom. The second kappa shape index (κ2) is 5.83. The van der Waals surface area contributed by atoms with E-state index in [4.69, 9.17) is 0 Å². The lowest BCUT2D eigenvalue weighted by atomic mass is 10.0. The predicted molar refractivity (Wildman–Crippen MR) is 48.1 cm³/mol. The smallest absolute Gasteiger partial charge is 0.407 e. The summed E-state index contributed by atoms with van der Waals surface area (Å²) in [4.78, 5) is 10.8. The van der Waals surface area contributed by atoms with Crippen molar-refractivity contribution < 1.29 is 9.53 Å². The average Bonchev–Trinajstić information content (AvgIpc) is 2.04. The summed E-state index contributed by atoms with van der Waals surface area (Å²) in [6, 6.07) is 0.130. The molecule has 0 heterocycles. The molecule has 0 fully saturated rings. The van der Waals surface area contributed by atoms with Crippen LogP contribution in [0.5, 0.6) is 0 Å². The van der Waals surface area contributed by atoms with E-state index in [1.54, 1.807) is 0 Å². The maximum absolute atomic E-state index is 10.8. The SMILES string of the molecule is CNCC(C)C(C)NC(=O)OC. The molecule has 0 radical (unpaired) electrons. The van der Waals surface area contributed by atoms with Crippen LogP contribution in [0.3, 0.4) is 0 Å². The second-order valence-corrected chi connectivity index (χ2v) is 2.96. The first-order valence-corrected chi connectivity index (χ1v) is 4.11. The van der Waals surface area contributed by atoms with E-state index >= 15 is 0 Å². The molecule has 0 saturated heterocycles. The average molecular weight is 174 g/mol. The lowest BCUT2D eigenvalue weighted by Crippen LogP contribution is -2.40. The minimum Gasteiger partial charge on any atom is -0.453 e. The van der Waals surface area contributed by atoms with Gasteiger partial charge in [-0.3, -0.25) is 0 Å². The molecular formula is C8H18N2O2. The van der Waals surface area contributed by atoms with Crippen LogP contribution in [0, 0.1) is 5.92 Å². The van der Waals surface area contributed by atoms with E-state index in [1.807, 2.05) is 14.0 Å². The van der Waals surface area contributed by atoms with Crippen LogP contribution in [0.25, 0.3) is 0 Å². The van der Waals surface area contributed by atoms with Crippen molar-refractivity contribution in [3.05, 3.63) is 0 Å². The Balaban J connectivity index is 3.69. The molecule has 4 nitrogen and oxygen atoms in total. The van der Waals surface area contributed by atoms with Crippen molar-refractivity contribution in [2.24, 2.45) is 5.92 Å². The van der Waals surface area contributed by atoms with Gasteiger partial charge < -0.3 is 15.4 Å². The Morgan fingerprint density at radius 3 is 2.50 bits per heavy atom. The fourth-order valence-corrected chi connectivity index (χ4v) is 0.886. The van der Waals surface area contributed by atoms with E-state index in [2.05, 4.69) is 22.3 Å². The number of hydrogen-bond donors (Lipinski definition) is 2. The zero-order valence-electron chi connectivity index (χ0n) is 8.18. The van der Waals surface area contributed by atoms with E-state index in [-0.39, 0.29) is 12.1 Å². The Kier molecular flexibility index (Phi) is 5.45. The van der Waals surface area contributed by atoms with Gasteiger partial charge in [-0.25, -0.2) is 4.79 Å². The number of nitrogens with one attached hydrogen (secondary N) is 2. The van der Waals surface area contributed by atoms with E-state index in [9.17, 15) is 4.79 Å². The summed E-state index contributed by atoms with van der Waals surface area (Å²) in [6.07, 6.45) is -0.370. The van der Waals surface area contributed by atoms with Gasteiger partial charge in [-0.15, -0.1) is 0 Å². The monoisotopic (exact) mass is 174 g/mol. The van der Waals surface area contributed by atoms with Crippen LogP contribution in [0.2, 0.25) is 0 Å². The molecule has 2 atom stereocenters. The van der Waals surface area contributed by atoms with E-state index in [0.29, 0.717) is 5.92 Å². The summed E-state index contributed by atoms with van der Waals surface area (Å²) in [6.45, 7) is 4.90. The first-order chi connectivity index (χ1) is 5.61. The van der Waals surface area contributed by atoms with Gasteiger partial charge in [-0.05, 0) is 26.4 Å². The van der Waals surface area contributed by atoms with Crippen molar-refractivity contribution in [1.82, 2.24) is 10.6 Å². The van der Waals surface area contributed by atoms with Crippen molar-refractivity contribution in [1.29, 1.82) is 0 Å². The lowest BCUT2D eigenvalue weighted by Gasteiger charge is -2.19. The van der Waals surface area contributed by atoms with Crippen molar-refractivity contribution in [3.63, 3.8) is 0 Å². The highest BCUT2D eigenvalue weighted by Crippen LogP contribution is 2.00.